The van der Waals surface area contributed by atoms with Crippen LogP contribution in [0.2, 0.25) is 0 Å². The zero-order valence-electron chi connectivity index (χ0n) is 7.93. The molecule has 66 valence electrons. The molecule has 1 saturated carbocycles. The molecule has 0 spiro atoms. The van der Waals surface area contributed by atoms with Crippen LogP contribution in [0, 0.1) is 11.3 Å². The average molecular weight is 156 g/mol. The average Bonchev–Trinajstić information content (AvgIpc) is 2.34. The van der Waals surface area contributed by atoms with Crippen LogP contribution in [0.5, 0.6) is 0 Å². The van der Waals surface area contributed by atoms with Crippen molar-refractivity contribution >= 4 is 0 Å². The fourth-order valence-corrected chi connectivity index (χ4v) is 1.98. The summed E-state index contributed by atoms with van der Waals surface area (Å²) in [5, 5.41) is 9.89. The lowest BCUT2D eigenvalue weighted by atomic mass is 9.80. The van der Waals surface area contributed by atoms with E-state index in [0.717, 1.165) is 0 Å². The van der Waals surface area contributed by atoms with Gasteiger partial charge in [0.05, 0.1) is 6.10 Å². The van der Waals surface area contributed by atoms with Crippen LogP contribution >= 0.6 is 0 Å². The van der Waals surface area contributed by atoms with Crippen molar-refractivity contribution in [3.05, 3.63) is 0 Å². The van der Waals surface area contributed by atoms with Gasteiger partial charge in [0, 0.05) is 0 Å². The summed E-state index contributed by atoms with van der Waals surface area (Å²) in [4.78, 5) is 0. The first-order chi connectivity index (χ1) is 5.02. The number of hydrogen-bond acceptors (Lipinski definition) is 1. The van der Waals surface area contributed by atoms with E-state index in [4.69, 9.17) is 0 Å². The summed E-state index contributed by atoms with van der Waals surface area (Å²) in [7, 11) is 0. The summed E-state index contributed by atoms with van der Waals surface area (Å²) in [6, 6.07) is 0. The van der Waals surface area contributed by atoms with Crippen LogP contribution in [0.1, 0.15) is 46.5 Å². The van der Waals surface area contributed by atoms with E-state index >= 15 is 0 Å². The van der Waals surface area contributed by atoms with Crippen molar-refractivity contribution in [1.82, 2.24) is 0 Å². The molecule has 1 aliphatic carbocycles. The number of rotatable bonds is 1. The fourth-order valence-electron chi connectivity index (χ4n) is 1.98. The quantitative estimate of drug-likeness (QED) is 0.618. The lowest BCUT2D eigenvalue weighted by molar-refractivity contribution is 0.0141. The SMILES string of the molecule is CC(C)(C)[C@H](O)C1CCCC1. The van der Waals surface area contributed by atoms with Gasteiger partial charge >= 0.3 is 0 Å². The molecule has 0 radical (unpaired) electrons. The van der Waals surface area contributed by atoms with E-state index in [1.54, 1.807) is 0 Å². The van der Waals surface area contributed by atoms with Crippen LogP contribution < -0.4 is 0 Å². The number of aliphatic hydroxyl groups excluding tert-OH is 1. The highest BCUT2D eigenvalue weighted by Crippen LogP contribution is 2.35. The second-order valence-electron chi connectivity index (χ2n) is 4.86. The Balaban J connectivity index is 2.46. The molecule has 0 aromatic carbocycles. The van der Waals surface area contributed by atoms with Gasteiger partial charge in [-0.05, 0) is 24.2 Å². The summed E-state index contributed by atoms with van der Waals surface area (Å²) in [5.74, 6) is 0.579. The Bertz CT molecular complexity index is 117. The molecule has 0 heterocycles. The van der Waals surface area contributed by atoms with E-state index in [0.29, 0.717) is 5.92 Å². The summed E-state index contributed by atoms with van der Waals surface area (Å²) >= 11 is 0. The van der Waals surface area contributed by atoms with Gasteiger partial charge in [-0.1, -0.05) is 33.6 Å². The Morgan fingerprint density at radius 2 is 1.64 bits per heavy atom. The Morgan fingerprint density at radius 3 is 2.00 bits per heavy atom. The summed E-state index contributed by atoms with van der Waals surface area (Å²) in [5.41, 5.74) is 0.0784. The zero-order chi connectivity index (χ0) is 8.48. The summed E-state index contributed by atoms with van der Waals surface area (Å²) < 4.78 is 0. The maximum Gasteiger partial charge on any atom is 0.0616 e. The van der Waals surface area contributed by atoms with E-state index in [9.17, 15) is 5.11 Å². The minimum Gasteiger partial charge on any atom is -0.392 e. The highest BCUT2D eigenvalue weighted by atomic mass is 16.3. The molecule has 1 nitrogen and oxygen atoms in total. The highest BCUT2D eigenvalue weighted by Gasteiger charge is 2.31. The van der Waals surface area contributed by atoms with Gasteiger partial charge in [0.2, 0.25) is 0 Å². The molecule has 0 unspecified atom stereocenters. The highest BCUT2D eigenvalue weighted by molar-refractivity contribution is 4.82. The normalized spacial score (nSPS) is 24.0. The topological polar surface area (TPSA) is 20.2 Å². The molecule has 1 fully saturated rings. The van der Waals surface area contributed by atoms with Crippen LogP contribution in [0.4, 0.5) is 0 Å². The van der Waals surface area contributed by atoms with Crippen molar-refractivity contribution in [2.24, 2.45) is 11.3 Å². The predicted octanol–water partition coefficient (Wildman–Crippen LogP) is 2.58. The van der Waals surface area contributed by atoms with Crippen molar-refractivity contribution in [3.63, 3.8) is 0 Å². The van der Waals surface area contributed by atoms with Crippen molar-refractivity contribution in [1.29, 1.82) is 0 Å². The van der Waals surface area contributed by atoms with E-state index in [1.165, 1.54) is 25.7 Å². The standard InChI is InChI=1S/C10H20O/c1-10(2,3)9(11)8-6-4-5-7-8/h8-9,11H,4-7H2,1-3H3/t9-/m1/s1. The monoisotopic (exact) mass is 156 g/mol. The Morgan fingerprint density at radius 1 is 1.18 bits per heavy atom. The van der Waals surface area contributed by atoms with E-state index in [2.05, 4.69) is 20.8 Å². The molecular weight excluding hydrogens is 136 g/mol. The van der Waals surface area contributed by atoms with Crippen LogP contribution in [0.25, 0.3) is 0 Å². The number of aliphatic hydroxyl groups is 1. The van der Waals surface area contributed by atoms with Crippen molar-refractivity contribution < 1.29 is 5.11 Å². The van der Waals surface area contributed by atoms with E-state index in [1.807, 2.05) is 0 Å². The largest absolute Gasteiger partial charge is 0.392 e. The van der Waals surface area contributed by atoms with Crippen molar-refractivity contribution in [2.75, 3.05) is 0 Å². The molecule has 0 amide bonds. The van der Waals surface area contributed by atoms with Crippen LogP contribution in [0.15, 0.2) is 0 Å². The van der Waals surface area contributed by atoms with E-state index < -0.39 is 0 Å². The number of hydrogen-bond donors (Lipinski definition) is 1. The molecule has 1 atom stereocenters. The maximum absolute atomic E-state index is 9.89. The van der Waals surface area contributed by atoms with Crippen molar-refractivity contribution in [2.45, 2.75) is 52.6 Å². The third kappa shape index (κ3) is 2.19. The second kappa shape index (κ2) is 3.14. The minimum absolute atomic E-state index is 0.0784. The molecule has 0 bridgehead atoms. The summed E-state index contributed by atoms with van der Waals surface area (Å²) in [6.07, 6.45) is 5.01. The van der Waals surface area contributed by atoms with Gasteiger partial charge in [0.25, 0.3) is 0 Å². The Kier molecular flexibility index (Phi) is 2.58. The Labute approximate surface area is 69.8 Å². The first kappa shape index (κ1) is 9.05. The van der Waals surface area contributed by atoms with Gasteiger partial charge in [-0.3, -0.25) is 0 Å². The van der Waals surface area contributed by atoms with Crippen molar-refractivity contribution in [3.8, 4) is 0 Å². The van der Waals surface area contributed by atoms with E-state index in [-0.39, 0.29) is 11.5 Å². The molecule has 0 aromatic heterocycles. The van der Waals surface area contributed by atoms with Crippen LogP contribution in [-0.4, -0.2) is 11.2 Å². The predicted molar refractivity (Wildman–Crippen MR) is 47.4 cm³/mol. The van der Waals surface area contributed by atoms with Gasteiger partial charge in [0.15, 0.2) is 0 Å². The van der Waals surface area contributed by atoms with Gasteiger partial charge in [-0.2, -0.15) is 0 Å². The fraction of sp³-hybridized carbons (Fsp3) is 1.00. The molecule has 11 heavy (non-hydrogen) atoms. The zero-order valence-corrected chi connectivity index (χ0v) is 7.93. The lowest BCUT2D eigenvalue weighted by Crippen LogP contribution is -2.32. The first-order valence-electron chi connectivity index (χ1n) is 4.70. The first-order valence-corrected chi connectivity index (χ1v) is 4.70. The van der Waals surface area contributed by atoms with Gasteiger partial charge in [-0.15, -0.1) is 0 Å². The lowest BCUT2D eigenvalue weighted by Gasteiger charge is -2.30. The Hall–Kier alpha value is -0.0400. The van der Waals surface area contributed by atoms with Crippen LogP contribution in [-0.2, 0) is 0 Å². The van der Waals surface area contributed by atoms with Gasteiger partial charge in [-0.25, -0.2) is 0 Å². The molecular formula is C10H20O. The maximum atomic E-state index is 9.89. The smallest absolute Gasteiger partial charge is 0.0616 e. The van der Waals surface area contributed by atoms with Crippen LogP contribution in [0.3, 0.4) is 0 Å². The molecule has 1 aliphatic rings. The third-order valence-electron chi connectivity index (χ3n) is 2.73. The molecule has 1 rings (SSSR count). The molecule has 0 aliphatic heterocycles. The van der Waals surface area contributed by atoms with Gasteiger partial charge in [0.1, 0.15) is 0 Å². The van der Waals surface area contributed by atoms with Gasteiger partial charge < -0.3 is 5.11 Å². The minimum atomic E-state index is -0.0926. The summed E-state index contributed by atoms with van der Waals surface area (Å²) in [6.45, 7) is 6.36. The second-order valence-corrected chi connectivity index (χ2v) is 4.86. The molecule has 1 heteroatoms. The molecule has 0 saturated heterocycles. The third-order valence-corrected chi connectivity index (χ3v) is 2.73. The molecule has 1 N–H and O–H groups in total. The molecule has 0 aromatic rings.